The molecule has 0 N–H and O–H groups in total. The molecule has 0 unspecified atom stereocenters. The highest BCUT2D eigenvalue weighted by Crippen LogP contribution is 2.29. The number of alkyl halides is 3. The fraction of sp³-hybridized carbons (Fsp3) is 0.556. The first kappa shape index (κ1) is 11.3. The normalized spacial score (nSPS) is 12.2. The number of rotatable bonds is 2. The van der Waals surface area contributed by atoms with Crippen LogP contribution in [0.4, 0.5) is 13.2 Å². The van der Waals surface area contributed by atoms with Gasteiger partial charge in [0.2, 0.25) is 0 Å². The van der Waals surface area contributed by atoms with Gasteiger partial charge >= 0.3 is 6.18 Å². The minimum Gasteiger partial charge on any atom is -0.166 e. The summed E-state index contributed by atoms with van der Waals surface area (Å²) in [5, 5.41) is 0. The Morgan fingerprint density at radius 2 is 1.75 bits per heavy atom. The Hall–Kier alpha value is -0.730. The van der Waals surface area contributed by atoms with Crippen LogP contribution < -0.4 is 0 Å². The van der Waals surface area contributed by atoms with Gasteiger partial charge in [-0.1, -0.05) is 24.6 Å². The molecule has 0 aliphatic rings. The SMILES string of the molecule is CC/C=C\C(=C(C)C)C(F)(F)F. The lowest BCUT2D eigenvalue weighted by atomic mass is 10.1. The van der Waals surface area contributed by atoms with Crippen molar-refractivity contribution in [1.29, 1.82) is 0 Å². The monoisotopic (exact) mass is 178 g/mol. The van der Waals surface area contributed by atoms with Crippen molar-refractivity contribution in [2.45, 2.75) is 33.4 Å². The van der Waals surface area contributed by atoms with E-state index in [1.165, 1.54) is 19.9 Å². The average Bonchev–Trinajstić information content (AvgIpc) is 1.84. The molecule has 0 saturated carbocycles. The Morgan fingerprint density at radius 3 is 2.00 bits per heavy atom. The molecule has 0 aliphatic carbocycles. The van der Waals surface area contributed by atoms with Gasteiger partial charge in [0.05, 0.1) is 5.57 Å². The summed E-state index contributed by atoms with van der Waals surface area (Å²) in [5.74, 6) is 0. The van der Waals surface area contributed by atoms with Crippen molar-refractivity contribution in [3.63, 3.8) is 0 Å². The van der Waals surface area contributed by atoms with Gasteiger partial charge in [0.25, 0.3) is 0 Å². The van der Waals surface area contributed by atoms with Crippen molar-refractivity contribution in [3.05, 3.63) is 23.3 Å². The van der Waals surface area contributed by atoms with Crippen LogP contribution in [0.3, 0.4) is 0 Å². The zero-order valence-electron chi connectivity index (χ0n) is 7.50. The molecule has 0 aromatic rings. The summed E-state index contributed by atoms with van der Waals surface area (Å²) in [5.41, 5.74) is -0.239. The van der Waals surface area contributed by atoms with Crippen LogP contribution in [0.1, 0.15) is 27.2 Å². The van der Waals surface area contributed by atoms with Crippen LogP contribution in [0.15, 0.2) is 23.3 Å². The van der Waals surface area contributed by atoms with Gasteiger partial charge in [-0.3, -0.25) is 0 Å². The van der Waals surface area contributed by atoms with Crippen molar-refractivity contribution in [3.8, 4) is 0 Å². The fourth-order valence-electron chi connectivity index (χ4n) is 0.780. The first-order valence-corrected chi connectivity index (χ1v) is 3.80. The molecular weight excluding hydrogens is 165 g/mol. The summed E-state index contributed by atoms with van der Waals surface area (Å²) in [7, 11) is 0. The lowest BCUT2D eigenvalue weighted by Crippen LogP contribution is -2.11. The van der Waals surface area contributed by atoms with Crippen LogP contribution in [0.5, 0.6) is 0 Å². The van der Waals surface area contributed by atoms with Crippen LogP contribution in [0.2, 0.25) is 0 Å². The average molecular weight is 178 g/mol. The van der Waals surface area contributed by atoms with E-state index >= 15 is 0 Å². The Labute approximate surface area is 70.8 Å². The second-order valence-electron chi connectivity index (χ2n) is 2.72. The van der Waals surface area contributed by atoms with Gasteiger partial charge in [-0.15, -0.1) is 0 Å². The van der Waals surface area contributed by atoms with E-state index in [1.807, 2.05) is 0 Å². The van der Waals surface area contributed by atoms with E-state index in [2.05, 4.69) is 0 Å². The van der Waals surface area contributed by atoms with E-state index in [0.717, 1.165) is 6.08 Å². The first-order valence-electron chi connectivity index (χ1n) is 3.80. The smallest absolute Gasteiger partial charge is 0.166 e. The maximum atomic E-state index is 12.2. The molecule has 0 amide bonds. The van der Waals surface area contributed by atoms with Crippen LogP contribution >= 0.6 is 0 Å². The van der Waals surface area contributed by atoms with Crippen LogP contribution in [-0.2, 0) is 0 Å². The van der Waals surface area contributed by atoms with Crippen molar-refractivity contribution >= 4 is 0 Å². The molecule has 3 heteroatoms. The summed E-state index contributed by atoms with van der Waals surface area (Å²) in [4.78, 5) is 0. The molecule has 0 aromatic carbocycles. The van der Waals surface area contributed by atoms with E-state index in [1.54, 1.807) is 6.92 Å². The van der Waals surface area contributed by atoms with E-state index in [0.29, 0.717) is 12.0 Å². The lowest BCUT2D eigenvalue weighted by molar-refractivity contribution is -0.0889. The standard InChI is InChI=1S/C9H13F3/c1-4-5-6-8(7(2)3)9(10,11)12/h5-6H,4H2,1-3H3/b6-5-. The number of halogens is 3. The van der Waals surface area contributed by atoms with Gasteiger partial charge in [-0.05, 0) is 20.3 Å². The first-order chi connectivity index (χ1) is 5.39. The van der Waals surface area contributed by atoms with E-state index in [9.17, 15) is 13.2 Å². The molecule has 0 spiro atoms. The molecular formula is C9H13F3. The summed E-state index contributed by atoms with van der Waals surface area (Å²) >= 11 is 0. The Morgan fingerprint density at radius 1 is 1.25 bits per heavy atom. The Balaban J connectivity index is 4.72. The fourth-order valence-corrected chi connectivity index (χ4v) is 0.780. The molecule has 0 fully saturated rings. The molecule has 0 radical (unpaired) electrons. The quantitative estimate of drug-likeness (QED) is 0.563. The minimum atomic E-state index is -4.22. The zero-order valence-corrected chi connectivity index (χ0v) is 7.50. The van der Waals surface area contributed by atoms with Gasteiger partial charge in [-0.25, -0.2) is 0 Å². The third kappa shape index (κ3) is 3.60. The molecule has 0 rings (SSSR count). The van der Waals surface area contributed by atoms with Crippen molar-refractivity contribution in [2.24, 2.45) is 0 Å². The molecule has 0 bridgehead atoms. The highest BCUT2D eigenvalue weighted by Gasteiger charge is 2.32. The largest absolute Gasteiger partial charge is 0.416 e. The molecule has 0 nitrogen and oxygen atoms in total. The van der Waals surface area contributed by atoms with Crippen molar-refractivity contribution in [1.82, 2.24) is 0 Å². The summed E-state index contributed by atoms with van der Waals surface area (Å²) in [6.45, 7) is 4.72. The van der Waals surface area contributed by atoms with E-state index < -0.39 is 11.7 Å². The molecule has 12 heavy (non-hydrogen) atoms. The van der Waals surface area contributed by atoms with Crippen molar-refractivity contribution in [2.75, 3.05) is 0 Å². The summed E-state index contributed by atoms with van der Waals surface area (Å²) in [6.07, 6.45) is -0.956. The number of allylic oxidation sites excluding steroid dienone is 4. The van der Waals surface area contributed by atoms with Gasteiger partial charge in [0.1, 0.15) is 0 Å². The zero-order chi connectivity index (χ0) is 9.78. The van der Waals surface area contributed by atoms with Gasteiger partial charge in [-0.2, -0.15) is 13.2 Å². The maximum Gasteiger partial charge on any atom is 0.416 e. The predicted octanol–water partition coefficient (Wildman–Crippen LogP) is 3.85. The highest BCUT2D eigenvalue weighted by molar-refractivity contribution is 5.27. The molecule has 0 atom stereocenters. The van der Waals surface area contributed by atoms with Gasteiger partial charge < -0.3 is 0 Å². The van der Waals surface area contributed by atoms with Crippen LogP contribution in [0, 0.1) is 0 Å². The minimum absolute atomic E-state index is 0.298. The van der Waals surface area contributed by atoms with Gasteiger partial charge in [0, 0.05) is 0 Å². The molecule has 70 valence electrons. The molecule has 0 heterocycles. The van der Waals surface area contributed by atoms with Gasteiger partial charge in [0.15, 0.2) is 0 Å². The maximum absolute atomic E-state index is 12.2. The Kier molecular flexibility index (Phi) is 4.07. The topological polar surface area (TPSA) is 0 Å². The lowest BCUT2D eigenvalue weighted by Gasteiger charge is -2.09. The summed E-state index contributed by atoms with van der Waals surface area (Å²) < 4.78 is 36.6. The van der Waals surface area contributed by atoms with Crippen LogP contribution in [-0.4, -0.2) is 6.18 Å². The van der Waals surface area contributed by atoms with E-state index in [4.69, 9.17) is 0 Å². The summed E-state index contributed by atoms with van der Waals surface area (Å²) in [6, 6.07) is 0. The Bertz CT molecular complexity index is 192. The molecule has 0 saturated heterocycles. The number of hydrogen-bond donors (Lipinski definition) is 0. The molecule has 0 aromatic heterocycles. The van der Waals surface area contributed by atoms with Crippen molar-refractivity contribution < 1.29 is 13.2 Å². The van der Waals surface area contributed by atoms with E-state index in [-0.39, 0.29) is 0 Å². The third-order valence-corrected chi connectivity index (χ3v) is 1.36. The third-order valence-electron chi connectivity index (χ3n) is 1.36. The molecule has 0 aliphatic heterocycles. The second-order valence-corrected chi connectivity index (χ2v) is 2.72. The van der Waals surface area contributed by atoms with Crippen LogP contribution in [0.25, 0.3) is 0 Å². The highest BCUT2D eigenvalue weighted by atomic mass is 19.4. The number of hydrogen-bond acceptors (Lipinski definition) is 0. The second kappa shape index (κ2) is 4.33. The predicted molar refractivity (Wildman–Crippen MR) is 43.9 cm³/mol.